The summed E-state index contributed by atoms with van der Waals surface area (Å²) in [6.45, 7) is 7.12. The summed E-state index contributed by atoms with van der Waals surface area (Å²) < 4.78 is 5.19. The molecular formula is C16H34N2O2. The number of rotatable bonds is 10. The van der Waals surface area contributed by atoms with E-state index in [2.05, 4.69) is 17.1 Å². The van der Waals surface area contributed by atoms with Crippen molar-refractivity contribution < 1.29 is 9.84 Å². The van der Waals surface area contributed by atoms with Crippen LogP contribution >= 0.6 is 0 Å². The average Bonchev–Trinajstić information content (AvgIpc) is 2.68. The molecule has 2 N–H and O–H groups in total. The molecule has 0 saturated heterocycles. The van der Waals surface area contributed by atoms with Gasteiger partial charge in [-0.1, -0.05) is 26.2 Å². The molecule has 2 unspecified atom stereocenters. The minimum absolute atomic E-state index is 0.240. The molecule has 0 aromatic carbocycles. The zero-order valence-corrected chi connectivity index (χ0v) is 13.4. The van der Waals surface area contributed by atoms with Gasteiger partial charge in [-0.3, -0.25) is 4.90 Å². The number of hydrogen-bond donors (Lipinski definition) is 2. The Labute approximate surface area is 124 Å². The number of ether oxygens (including phenoxy) is 1. The van der Waals surface area contributed by atoms with Crippen molar-refractivity contribution in [3.05, 3.63) is 0 Å². The number of nitrogens with zero attached hydrogens (tertiary/aromatic N) is 1. The number of methoxy groups -OCH3 is 1. The first-order valence-corrected chi connectivity index (χ1v) is 8.37. The van der Waals surface area contributed by atoms with Gasteiger partial charge in [-0.25, -0.2) is 0 Å². The lowest BCUT2D eigenvalue weighted by atomic mass is 9.94. The van der Waals surface area contributed by atoms with Crippen molar-refractivity contribution >= 4 is 0 Å². The molecular weight excluding hydrogens is 252 g/mol. The highest BCUT2D eigenvalue weighted by Gasteiger charge is 2.24. The fourth-order valence-electron chi connectivity index (χ4n) is 3.19. The lowest BCUT2D eigenvalue weighted by Gasteiger charge is -2.32. The quantitative estimate of drug-likeness (QED) is 0.602. The predicted molar refractivity (Wildman–Crippen MR) is 84.1 cm³/mol. The molecule has 0 amide bonds. The Bertz CT molecular complexity index is 227. The molecule has 0 spiro atoms. The van der Waals surface area contributed by atoms with Crippen LogP contribution in [-0.2, 0) is 4.74 Å². The van der Waals surface area contributed by atoms with Crippen molar-refractivity contribution in [3.8, 4) is 0 Å². The first-order valence-electron chi connectivity index (χ1n) is 8.37. The molecule has 0 aromatic rings. The summed E-state index contributed by atoms with van der Waals surface area (Å²) in [5.74, 6) is 0.715. The van der Waals surface area contributed by atoms with E-state index < -0.39 is 0 Å². The number of aliphatic hydroxyl groups excluding tert-OH is 1. The van der Waals surface area contributed by atoms with Crippen molar-refractivity contribution in [1.82, 2.24) is 10.2 Å². The zero-order chi connectivity index (χ0) is 14.6. The molecule has 1 fully saturated rings. The summed E-state index contributed by atoms with van der Waals surface area (Å²) in [4.78, 5) is 2.36. The molecule has 0 aromatic heterocycles. The van der Waals surface area contributed by atoms with Crippen LogP contribution in [0, 0.1) is 5.92 Å². The van der Waals surface area contributed by atoms with E-state index in [0.29, 0.717) is 12.0 Å². The van der Waals surface area contributed by atoms with Crippen LogP contribution in [-0.4, -0.2) is 62.6 Å². The largest absolute Gasteiger partial charge is 0.395 e. The maximum absolute atomic E-state index is 9.23. The molecule has 0 aliphatic heterocycles. The summed E-state index contributed by atoms with van der Waals surface area (Å²) in [6, 6.07) is 0.654. The Morgan fingerprint density at radius 1 is 1.20 bits per heavy atom. The van der Waals surface area contributed by atoms with Crippen molar-refractivity contribution in [1.29, 1.82) is 0 Å². The molecule has 1 saturated carbocycles. The van der Waals surface area contributed by atoms with Crippen LogP contribution in [0.5, 0.6) is 0 Å². The van der Waals surface area contributed by atoms with Gasteiger partial charge in [-0.2, -0.15) is 0 Å². The highest BCUT2D eigenvalue weighted by atomic mass is 16.5. The van der Waals surface area contributed by atoms with Crippen molar-refractivity contribution in [2.24, 2.45) is 5.92 Å². The SMILES string of the molecule is CCCNC1CCCCCC1CN(CCO)CCOC. The van der Waals surface area contributed by atoms with Gasteiger partial charge in [-0.15, -0.1) is 0 Å². The summed E-state index contributed by atoms with van der Waals surface area (Å²) in [6.07, 6.45) is 7.91. The van der Waals surface area contributed by atoms with E-state index in [1.807, 2.05) is 0 Å². The van der Waals surface area contributed by atoms with Gasteiger partial charge in [0.1, 0.15) is 0 Å². The minimum Gasteiger partial charge on any atom is -0.395 e. The van der Waals surface area contributed by atoms with Gasteiger partial charge in [0.05, 0.1) is 13.2 Å². The third-order valence-electron chi connectivity index (χ3n) is 4.34. The van der Waals surface area contributed by atoms with Crippen LogP contribution in [0.25, 0.3) is 0 Å². The van der Waals surface area contributed by atoms with E-state index in [1.165, 1.54) is 38.5 Å². The van der Waals surface area contributed by atoms with E-state index in [0.717, 1.165) is 32.8 Å². The van der Waals surface area contributed by atoms with E-state index in [-0.39, 0.29) is 6.61 Å². The van der Waals surface area contributed by atoms with Crippen molar-refractivity contribution in [3.63, 3.8) is 0 Å². The highest BCUT2D eigenvalue weighted by molar-refractivity contribution is 4.82. The van der Waals surface area contributed by atoms with Crippen LogP contribution in [0.4, 0.5) is 0 Å². The maximum atomic E-state index is 9.23. The lowest BCUT2D eigenvalue weighted by molar-refractivity contribution is 0.110. The zero-order valence-electron chi connectivity index (χ0n) is 13.4. The Kier molecular flexibility index (Phi) is 10.3. The molecule has 0 bridgehead atoms. The third-order valence-corrected chi connectivity index (χ3v) is 4.34. The van der Waals surface area contributed by atoms with Crippen LogP contribution in [0.2, 0.25) is 0 Å². The molecule has 1 aliphatic carbocycles. The standard InChI is InChI=1S/C16H34N2O2/c1-3-9-17-16-8-6-4-5-7-15(16)14-18(10-12-19)11-13-20-2/h15-17,19H,3-14H2,1-2H3. The number of nitrogens with one attached hydrogen (secondary N) is 1. The molecule has 120 valence electrons. The summed E-state index contributed by atoms with van der Waals surface area (Å²) >= 11 is 0. The Morgan fingerprint density at radius 2 is 2.00 bits per heavy atom. The molecule has 2 atom stereocenters. The molecule has 1 aliphatic rings. The first kappa shape index (κ1) is 17.9. The number of hydrogen-bond acceptors (Lipinski definition) is 4. The fraction of sp³-hybridized carbons (Fsp3) is 1.00. The van der Waals surface area contributed by atoms with Crippen LogP contribution in [0.1, 0.15) is 45.4 Å². The van der Waals surface area contributed by atoms with Gasteiger partial charge >= 0.3 is 0 Å². The second kappa shape index (κ2) is 11.5. The van der Waals surface area contributed by atoms with Crippen molar-refractivity contribution in [2.45, 2.75) is 51.5 Å². The highest BCUT2D eigenvalue weighted by Crippen LogP contribution is 2.24. The van der Waals surface area contributed by atoms with E-state index in [9.17, 15) is 5.11 Å². The Balaban J connectivity index is 2.51. The Morgan fingerprint density at radius 3 is 2.70 bits per heavy atom. The molecule has 4 nitrogen and oxygen atoms in total. The summed E-state index contributed by atoms with van der Waals surface area (Å²) in [7, 11) is 1.74. The van der Waals surface area contributed by atoms with Gasteiger partial charge in [0.2, 0.25) is 0 Å². The molecule has 20 heavy (non-hydrogen) atoms. The maximum Gasteiger partial charge on any atom is 0.0589 e. The summed E-state index contributed by atoms with van der Waals surface area (Å²) in [5, 5.41) is 13.0. The molecule has 4 heteroatoms. The minimum atomic E-state index is 0.240. The Hall–Kier alpha value is -0.160. The third kappa shape index (κ3) is 7.02. The smallest absolute Gasteiger partial charge is 0.0589 e. The monoisotopic (exact) mass is 286 g/mol. The van der Waals surface area contributed by atoms with Gasteiger partial charge < -0.3 is 15.2 Å². The second-order valence-corrected chi connectivity index (χ2v) is 5.98. The fourth-order valence-corrected chi connectivity index (χ4v) is 3.19. The second-order valence-electron chi connectivity index (χ2n) is 5.98. The summed E-state index contributed by atoms with van der Waals surface area (Å²) in [5.41, 5.74) is 0. The van der Waals surface area contributed by atoms with Crippen LogP contribution < -0.4 is 5.32 Å². The van der Waals surface area contributed by atoms with E-state index >= 15 is 0 Å². The van der Waals surface area contributed by atoms with E-state index in [4.69, 9.17) is 4.74 Å². The molecule has 1 rings (SSSR count). The van der Waals surface area contributed by atoms with Gasteiger partial charge in [0.25, 0.3) is 0 Å². The normalized spacial score (nSPS) is 24.0. The van der Waals surface area contributed by atoms with Crippen LogP contribution in [0.15, 0.2) is 0 Å². The van der Waals surface area contributed by atoms with Gasteiger partial charge in [0.15, 0.2) is 0 Å². The van der Waals surface area contributed by atoms with Crippen LogP contribution in [0.3, 0.4) is 0 Å². The lowest BCUT2D eigenvalue weighted by Crippen LogP contribution is -2.43. The molecule has 0 radical (unpaired) electrons. The predicted octanol–water partition coefficient (Wildman–Crippen LogP) is 1.88. The van der Waals surface area contributed by atoms with Gasteiger partial charge in [-0.05, 0) is 31.7 Å². The van der Waals surface area contributed by atoms with E-state index in [1.54, 1.807) is 7.11 Å². The molecule has 0 heterocycles. The number of aliphatic hydroxyl groups is 1. The van der Waals surface area contributed by atoms with Crippen molar-refractivity contribution in [2.75, 3.05) is 46.5 Å². The topological polar surface area (TPSA) is 44.7 Å². The average molecular weight is 286 g/mol. The van der Waals surface area contributed by atoms with Gasteiger partial charge in [0, 0.05) is 32.8 Å². The first-order chi connectivity index (χ1) is 9.81.